The molecule has 1 heterocycles. The van der Waals surface area contributed by atoms with Crippen LogP contribution in [-0.2, 0) is 28.5 Å². The average molecular weight is 783 g/mol. The zero-order valence-corrected chi connectivity index (χ0v) is 34.8. The van der Waals surface area contributed by atoms with Gasteiger partial charge in [0.25, 0.3) is 0 Å². The smallest absolute Gasteiger partial charge is 0.306 e. The number of carbonyl (C=O) groups excluding carboxylic acids is 2. The van der Waals surface area contributed by atoms with Gasteiger partial charge in [0.1, 0.15) is 31.0 Å². The highest BCUT2D eigenvalue weighted by atomic mass is 16.7. The van der Waals surface area contributed by atoms with E-state index in [2.05, 4.69) is 19.6 Å². The SMILES string of the molecule is C=CCCCCCCCCCCCCCCCC(=O)O[C@@H](COC(=O)CC/C=C/CCCCCCCCCCCCC)CO[C@H]1O[C@@H](CO)[C@@H](O)C(O)C1O. The second kappa shape index (κ2) is 36.5. The van der Waals surface area contributed by atoms with Gasteiger partial charge in [0, 0.05) is 12.8 Å². The lowest BCUT2D eigenvalue weighted by Gasteiger charge is -2.39. The topological polar surface area (TPSA) is 152 Å². The van der Waals surface area contributed by atoms with Gasteiger partial charge in [-0.15, -0.1) is 6.58 Å². The third-order valence-corrected chi connectivity index (χ3v) is 10.5. The molecule has 6 atom stereocenters. The van der Waals surface area contributed by atoms with Crippen LogP contribution in [0.1, 0.15) is 193 Å². The number of rotatable bonds is 38. The second-order valence-corrected chi connectivity index (χ2v) is 15.6. The normalized spacial score (nSPS) is 20.5. The van der Waals surface area contributed by atoms with Gasteiger partial charge in [-0.3, -0.25) is 9.59 Å². The zero-order chi connectivity index (χ0) is 40.2. The maximum atomic E-state index is 12.8. The molecule has 2 unspecified atom stereocenters. The summed E-state index contributed by atoms with van der Waals surface area (Å²) in [4.78, 5) is 25.3. The van der Waals surface area contributed by atoms with Crippen LogP contribution in [0.2, 0.25) is 0 Å². The molecule has 0 aromatic rings. The standard InChI is InChI=1S/C45H82O10/c1-3-5-7-9-11-13-15-17-19-21-23-25-27-29-31-33-40(47)52-36-38(37-53-45-44(51)43(50)42(49)39(35-46)55-45)54-41(48)34-32-30-28-26-24-22-20-18-16-14-12-10-8-6-4-2/h4,27,29,38-39,42-46,49-51H,2-3,5-26,28,30-37H2,1H3/b29-27+/t38-,39-,42+,43?,44?,45-/m0/s1. The Kier molecular flexibility index (Phi) is 34.0. The minimum atomic E-state index is -1.60. The molecule has 1 aliphatic heterocycles. The molecule has 0 aliphatic carbocycles. The van der Waals surface area contributed by atoms with E-state index in [9.17, 15) is 30.0 Å². The van der Waals surface area contributed by atoms with Crippen LogP contribution in [0.25, 0.3) is 0 Å². The van der Waals surface area contributed by atoms with Gasteiger partial charge in [0.2, 0.25) is 0 Å². The fourth-order valence-electron chi connectivity index (χ4n) is 6.89. The molecular weight excluding hydrogens is 700 g/mol. The predicted octanol–water partition coefficient (Wildman–Crippen LogP) is 9.33. The summed E-state index contributed by atoms with van der Waals surface area (Å²) < 4.78 is 22.1. The summed E-state index contributed by atoms with van der Waals surface area (Å²) in [5.74, 6) is -0.860. The fraction of sp³-hybridized carbons (Fsp3) is 0.867. The van der Waals surface area contributed by atoms with Crippen LogP contribution >= 0.6 is 0 Å². The van der Waals surface area contributed by atoms with Gasteiger partial charge in [-0.1, -0.05) is 160 Å². The minimum absolute atomic E-state index is 0.194. The monoisotopic (exact) mass is 783 g/mol. The van der Waals surface area contributed by atoms with Gasteiger partial charge in [-0.2, -0.15) is 0 Å². The van der Waals surface area contributed by atoms with Crippen molar-refractivity contribution < 1.29 is 49.0 Å². The van der Waals surface area contributed by atoms with E-state index >= 15 is 0 Å². The number of hydrogen-bond donors (Lipinski definition) is 4. The van der Waals surface area contributed by atoms with E-state index in [4.69, 9.17) is 18.9 Å². The van der Waals surface area contributed by atoms with Gasteiger partial charge < -0.3 is 39.4 Å². The zero-order valence-electron chi connectivity index (χ0n) is 34.8. The maximum Gasteiger partial charge on any atom is 0.306 e. The Morgan fingerprint density at radius 2 is 1.09 bits per heavy atom. The highest BCUT2D eigenvalue weighted by molar-refractivity contribution is 5.70. The molecule has 0 aromatic carbocycles. The van der Waals surface area contributed by atoms with Crippen molar-refractivity contribution in [3.8, 4) is 0 Å². The molecule has 0 bridgehead atoms. The first kappa shape index (κ1) is 51.2. The quantitative estimate of drug-likeness (QED) is 0.0271. The number of unbranched alkanes of at least 4 members (excludes halogenated alkanes) is 24. The second-order valence-electron chi connectivity index (χ2n) is 15.6. The van der Waals surface area contributed by atoms with Crippen LogP contribution < -0.4 is 0 Å². The molecule has 0 amide bonds. The molecule has 0 radical (unpaired) electrons. The molecule has 4 N–H and O–H groups in total. The van der Waals surface area contributed by atoms with Crippen LogP contribution in [0.15, 0.2) is 24.8 Å². The van der Waals surface area contributed by atoms with E-state index < -0.39 is 55.4 Å². The van der Waals surface area contributed by atoms with Crippen LogP contribution in [-0.4, -0.2) is 89.0 Å². The number of allylic oxidation sites excluding steroid dienone is 3. The van der Waals surface area contributed by atoms with Crippen LogP contribution in [0, 0.1) is 0 Å². The Morgan fingerprint density at radius 1 is 0.600 bits per heavy atom. The maximum absolute atomic E-state index is 12.8. The van der Waals surface area contributed by atoms with E-state index in [0.29, 0.717) is 12.8 Å². The summed E-state index contributed by atoms with van der Waals surface area (Å²) in [5.41, 5.74) is 0. The molecule has 1 saturated heterocycles. The third-order valence-electron chi connectivity index (χ3n) is 10.5. The lowest BCUT2D eigenvalue weighted by atomic mass is 9.99. The number of hydrogen-bond acceptors (Lipinski definition) is 10. The van der Waals surface area contributed by atoms with E-state index in [-0.39, 0.29) is 26.1 Å². The molecular formula is C45H82O10. The fourth-order valence-corrected chi connectivity index (χ4v) is 6.89. The van der Waals surface area contributed by atoms with Crippen molar-refractivity contribution >= 4 is 11.9 Å². The number of carbonyl (C=O) groups is 2. The lowest BCUT2D eigenvalue weighted by molar-refractivity contribution is -0.305. The molecule has 1 rings (SSSR count). The van der Waals surface area contributed by atoms with Crippen molar-refractivity contribution in [3.63, 3.8) is 0 Å². The van der Waals surface area contributed by atoms with Gasteiger partial charge in [-0.25, -0.2) is 0 Å². The van der Waals surface area contributed by atoms with Crippen LogP contribution in [0.5, 0.6) is 0 Å². The summed E-state index contributed by atoms with van der Waals surface area (Å²) in [7, 11) is 0. The van der Waals surface area contributed by atoms with E-state index in [0.717, 1.165) is 38.5 Å². The minimum Gasteiger partial charge on any atom is -0.462 e. The molecule has 322 valence electrons. The number of aliphatic hydroxyl groups is 4. The largest absolute Gasteiger partial charge is 0.462 e. The first-order valence-electron chi connectivity index (χ1n) is 22.4. The molecule has 10 heteroatoms. The molecule has 1 fully saturated rings. The first-order chi connectivity index (χ1) is 26.8. The Bertz CT molecular complexity index is 941. The van der Waals surface area contributed by atoms with Crippen molar-refractivity contribution in [3.05, 3.63) is 24.8 Å². The summed E-state index contributed by atoms with van der Waals surface area (Å²) in [6.07, 6.45) is 30.9. The van der Waals surface area contributed by atoms with E-state index in [1.165, 1.54) is 122 Å². The third kappa shape index (κ3) is 28.3. The van der Waals surface area contributed by atoms with E-state index in [1.807, 2.05) is 12.2 Å². The number of aliphatic hydroxyl groups excluding tert-OH is 4. The van der Waals surface area contributed by atoms with Crippen molar-refractivity contribution in [2.75, 3.05) is 19.8 Å². The van der Waals surface area contributed by atoms with Crippen LogP contribution in [0.4, 0.5) is 0 Å². The van der Waals surface area contributed by atoms with Gasteiger partial charge in [0.05, 0.1) is 13.2 Å². The number of esters is 2. The first-order valence-corrected chi connectivity index (χ1v) is 22.4. The molecule has 55 heavy (non-hydrogen) atoms. The Hall–Kier alpha value is -1.82. The van der Waals surface area contributed by atoms with Crippen molar-refractivity contribution in [2.24, 2.45) is 0 Å². The average Bonchev–Trinajstić information content (AvgIpc) is 3.18. The summed E-state index contributed by atoms with van der Waals surface area (Å²) in [6.45, 7) is 4.92. The highest BCUT2D eigenvalue weighted by Gasteiger charge is 2.44. The van der Waals surface area contributed by atoms with Crippen molar-refractivity contribution in [2.45, 2.75) is 230 Å². The summed E-state index contributed by atoms with van der Waals surface area (Å²) in [5, 5.41) is 40.0. The molecule has 10 nitrogen and oxygen atoms in total. The molecule has 1 aliphatic rings. The van der Waals surface area contributed by atoms with Gasteiger partial charge >= 0.3 is 11.9 Å². The molecule has 0 spiro atoms. The van der Waals surface area contributed by atoms with Crippen LogP contribution in [0.3, 0.4) is 0 Å². The van der Waals surface area contributed by atoms with Crippen molar-refractivity contribution in [1.82, 2.24) is 0 Å². The van der Waals surface area contributed by atoms with Crippen molar-refractivity contribution in [1.29, 1.82) is 0 Å². The van der Waals surface area contributed by atoms with Gasteiger partial charge in [0.15, 0.2) is 12.4 Å². The lowest BCUT2D eigenvalue weighted by Crippen LogP contribution is -2.59. The van der Waals surface area contributed by atoms with E-state index in [1.54, 1.807) is 0 Å². The Morgan fingerprint density at radius 3 is 1.62 bits per heavy atom. The molecule has 0 aromatic heterocycles. The summed E-state index contributed by atoms with van der Waals surface area (Å²) in [6, 6.07) is 0. The van der Waals surface area contributed by atoms with Gasteiger partial charge in [-0.05, 0) is 38.5 Å². The Labute approximate surface area is 334 Å². The highest BCUT2D eigenvalue weighted by Crippen LogP contribution is 2.23. The molecule has 0 saturated carbocycles. The predicted molar refractivity (Wildman–Crippen MR) is 219 cm³/mol. The number of ether oxygens (including phenoxy) is 4. The Balaban J connectivity index is 2.34. The summed E-state index contributed by atoms with van der Waals surface area (Å²) >= 11 is 0.